The van der Waals surface area contributed by atoms with Crippen molar-refractivity contribution in [1.29, 1.82) is 0 Å². The molecule has 0 saturated carbocycles. The summed E-state index contributed by atoms with van der Waals surface area (Å²) in [7, 11) is 0. The minimum Gasteiger partial charge on any atom is -0.353 e. The molecule has 0 aliphatic rings. The van der Waals surface area contributed by atoms with Gasteiger partial charge in [-0.2, -0.15) is 0 Å². The largest absolute Gasteiger partial charge is 0.353 e. The second-order valence-electron chi connectivity index (χ2n) is 6.59. The first kappa shape index (κ1) is 21.2. The maximum atomic E-state index is 11.8. The number of nitrogens with zero attached hydrogens (tertiary/aromatic N) is 1. The van der Waals surface area contributed by atoms with Crippen molar-refractivity contribution in [2.75, 3.05) is 19.6 Å². The lowest BCUT2D eigenvalue weighted by Gasteiger charge is -2.20. The van der Waals surface area contributed by atoms with E-state index in [0.717, 1.165) is 44.5 Å². The average Bonchev–Trinajstić information content (AvgIpc) is 2.70. The third-order valence-corrected chi connectivity index (χ3v) is 4.70. The molecule has 2 aromatic rings. The van der Waals surface area contributed by atoms with E-state index >= 15 is 0 Å². The molecule has 4 heteroatoms. The Labute approximate surface area is 168 Å². The van der Waals surface area contributed by atoms with Crippen LogP contribution < -0.4 is 5.32 Å². The molecule has 144 valence electrons. The van der Waals surface area contributed by atoms with Gasteiger partial charge in [0.15, 0.2) is 0 Å². The number of benzene rings is 2. The Morgan fingerprint density at radius 1 is 1.04 bits per heavy atom. The van der Waals surface area contributed by atoms with E-state index in [9.17, 15) is 4.79 Å². The number of unbranched alkanes of at least 4 members (excludes halogenated alkanes) is 2. The van der Waals surface area contributed by atoms with Gasteiger partial charge in [0.2, 0.25) is 5.91 Å². The van der Waals surface area contributed by atoms with Crippen molar-refractivity contribution in [2.45, 2.75) is 32.7 Å². The Kier molecular flexibility index (Phi) is 9.67. The number of amides is 1. The molecule has 0 radical (unpaired) electrons. The molecule has 27 heavy (non-hydrogen) atoms. The summed E-state index contributed by atoms with van der Waals surface area (Å²) in [6.45, 7) is 6.07. The van der Waals surface area contributed by atoms with Crippen LogP contribution in [0.25, 0.3) is 6.08 Å². The highest BCUT2D eigenvalue weighted by Crippen LogP contribution is 2.10. The van der Waals surface area contributed by atoms with Crippen LogP contribution >= 0.6 is 11.6 Å². The van der Waals surface area contributed by atoms with Crippen molar-refractivity contribution in [3.05, 3.63) is 76.8 Å². The normalized spacial score (nSPS) is 11.2. The molecule has 1 N–H and O–H groups in total. The summed E-state index contributed by atoms with van der Waals surface area (Å²) in [5.41, 5.74) is 2.33. The Balaban J connectivity index is 1.56. The van der Waals surface area contributed by atoms with E-state index in [2.05, 4.69) is 47.5 Å². The zero-order chi connectivity index (χ0) is 19.3. The smallest absolute Gasteiger partial charge is 0.243 e. The van der Waals surface area contributed by atoms with Crippen LogP contribution in [0.3, 0.4) is 0 Å². The lowest BCUT2D eigenvalue weighted by atomic mass is 10.2. The molecule has 0 fully saturated rings. The molecule has 0 aliphatic heterocycles. The van der Waals surface area contributed by atoms with Gasteiger partial charge >= 0.3 is 0 Å². The first-order chi connectivity index (χ1) is 13.2. The molecule has 1 amide bonds. The van der Waals surface area contributed by atoms with Crippen LogP contribution in [0, 0.1) is 0 Å². The standard InChI is InChI=1S/C23H29ClN2O/c1-2-26(19-21-9-5-3-6-10-21)18-8-4-7-17-25-23(27)16-13-20-11-14-22(24)15-12-20/h3,5-6,9-16H,2,4,7-8,17-19H2,1H3,(H,25,27)/b16-13+. The molecular weight excluding hydrogens is 356 g/mol. The molecule has 2 aromatic carbocycles. The average molecular weight is 385 g/mol. The molecule has 0 unspecified atom stereocenters. The van der Waals surface area contributed by atoms with Crippen molar-refractivity contribution >= 4 is 23.6 Å². The number of rotatable bonds is 11. The van der Waals surface area contributed by atoms with Crippen LogP contribution in [0.2, 0.25) is 5.02 Å². The highest BCUT2D eigenvalue weighted by atomic mass is 35.5. The van der Waals surface area contributed by atoms with Gasteiger partial charge in [0.05, 0.1) is 0 Å². The van der Waals surface area contributed by atoms with E-state index in [4.69, 9.17) is 11.6 Å². The summed E-state index contributed by atoms with van der Waals surface area (Å²) in [6, 6.07) is 18.0. The summed E-state index contributed by atoms with van der Waals surface area (Å²) in [4.78, 5) is 14.3. The number of hydrogen-bond donors (Lipinski definition) is 1. The highest BCUT2D eigenvalue weighted by Gasteiger charge is 2.03. The number of carbonyl (C=O) groups excluding carboxylic acids is 1. The highest BCUT2D eigenvalue weighted by molar-refractivity contribution is 6.30. The van der Waals surface area contributed by atoms with Crippen molar-refractivity contribution in [3.8, 4) is 0 Å². The Morgan fingerprint density at radius 3 is 2.48 bits per heavy atom. The molecule has 0 bridgehead atoms. The van der Waals surface area contributed by atoms with Gasteiger partial charge in [-0.25, -0.2) is 0 Å². The van der Waals surface area contributed by atoms with Crippen LogP contribution in [0.5, 0.6) is 0 Å². The van der Waals surface area contributed by atoms with Gasteiger partial charge in [-0.3, -0.25) is 9.69 Å². The summed E-state index contributed by atoms with van der Waals surface area (Å²) in [6.07, 6.45) is 6.64. The SMILES string of the molecule is CCN(CCCCCNC(=O)/C=C/c1ccc(Cl)cc1)Cc1ccccc1. The monoisotopic (exact) mass is 384 g/mol. The molecule has 0 heterocycles. The van der Waals surface area contributed by atoms with Gasteiger partial charge in [0, 0.05) is 24.2 Å². The zero-order valence-electron chi connectivity index (χ0n) is 16.0. The van der Waals surface area contributed by atoms with Gasteiger partial charge in [0.25, 0.3) is 0 Å². The predicted octanol–water partition coefficient (Wildman–Crippen LogP) is 5.16. The first-order valence-corrected chi connectivity index (χ1v) is 10.0. The van der Waals surface area contributed by atoms with Gasteiger partial charge in [0.1, 0.15) is 0 Å². The molecule has 0 spiro atoms. The van der Waals surface area contributed by atoms with Crippen LogP contribution in [0.4, 0.5) is 0 Å². The summed E-state index contributed by atoms with van der Waals surface area (Å²) < 4.78 is 0. The molecule has 0 aliphatic carbocycles. The van der Waals surface area contributed by atoms with E-state index in [1.165, 1.54) is 5.56 Å². The zero-order valence-corrected chi connectivity index (χ0v) is 16.8. The third kappa shape index (κ3) is 8.89. The number of carbonyl (C=O) groups is 1. The molecular formula is C23H29ClN2O. The fraction of sp³-hybridized carbons (Fsp3) is 0.348. The quantitative estimate of drug-likeness (QED) is 0.428. The fourth-order valence-electron chi connectivity index (χ4n) is 2.84. The van der Waals surface area contributed by atoms with Crippen molar-refractivity contribution in [3.63, 3.8) is 0 Å². The van der Waals surface area contributed by atoms with E-state index in [-0.39, 0.29) is 5.91 Å². The van der Waals surface area contributed by atoms with Crippen molar-refractivity contribution < 1.29 is 4.79 Å². The van der Waals surface area contributed by atoms with Crippen LogP contribution in [-0.4, -0.2) is 30.4 Å². The number of hydrogen-bond acceptors (Lipinski definition) is 2. The predicted molar refractivity (Wildman–Crippen MR) is 115 cm³/mol. The molecule has 0 saturated heterocycles. The molecule has 3 nitrogen and oxygen atoms in total. The van der Waals surface area contributed by atoms with Crippen LogP contribution in [0.15, 0.2) is 60.7 Å². The second kappa shape index (κ2) is 12.3. The van der Waals surface area contributed by atoms with E-state index in [1.807, 2.05) is 24.3 Å². The van der Waals surface area contributed by atoms with E-state index in [0.29, 0.717) is 11.6 Å². The second-order valence-corrected chi connectivity index (χ2v) is 7.03. The molecule has 2 rings (SSSR count). The van der Waals surface area contributed by atoms with Crippen LogP contribution in [-0.2, 0) is 11.3 Å². The summed E-state index contributed by atoms with van der Waals surface area (Å²) >= 11 is 5.85. The Hall–Kier alpha value is -2.10. The lowest BCUT2D eigenvalue weighted by molar-refractivity contribution is -0.116. The number of halogens is 1. The van der Waals surface area contributed by atoms with E-state index < -0.39 is 0 Å². The topological polar surface area (TPSA) is 32.3 Å². The maximum Gasteiger partial charge on any atom is 0.243 e. The minimum atomic E-state index is -0.0517. The maximum absolute atomic E-state index is 11.8. The number of nitrogens with one attached hydrogen (secondary N) is 1. The van der Waals surface area contributed by atoms with E-state index in [1.54, 1.807) is 12.2 Å². The third-order valence-electron chi connectivity index (χ3n) is 4.44. The Bertz CT molecular complexity index is 698. The lowest BCUT2D eigenvalue weighted by Crippen LogP contribution is -2.25. The summed E-state index contributed by atoms with van der Waals surface area (Å²) in [5.74, 6) is -0.0517. The fourth-order valence-corrected chi connectivity index (χ4v) is 2.97. The van der Waals surface area contributed by atoms with Crippen molar-refractivity contribution in [1.82, 2.24) is 10.2 Å². The van der Waals surface area contributed by atoms with Crippen molar-refractivity contribution in [2.24, 2.45) is 0 Å². The molecule has 0 aromatic heterocycles. The van der Waals surface area contributed by atoms with Crippen LogP contribution in [0.1, 0.15) is 37.3 Å². The van der Waals surface area contributed by atoms with Gasteiger partial charge in [-0.05, 0) is 55.3 Å². The Morgan fingerprint density at radius 2 is 1.78 bits per heavy atom. The van der Waals surface area contributed by atoms with Gasteiger partial charge in [-0.15, -0.1) is 0 Å². The first-order valence-electron chi connectivity index (χ1n) is 9.65. The summed E-state index contributed by atoms with van der Waals surface area (Å²) in [5, 5.41) is 3.64. The minimum absolute atomic E-state index is 0.0517. The van der Waals surface area contributed by atoms with Gasteiger partial charge < -0.3 is 5.32 Å². The molecule has 0 atom stereocenters. The van der Waals surface area contributed by atoms with Gasteiger partial charge in [-0.1, -0.05) is 67.4 Å².